The van der Waals surface area contributed by atoms with Gasteiger partial charge in [0.15, 0.2) is 0 Å². The molecule has 1 amide bonds. The van der Waals surface area contributed by atoms with E-state index in [1.54, 1.807) is 0 Å². The molecule has 0 radical (unpaired) electrons. The van der Waals surface area contributed by atoms with Crippen LogP contribution >= 0.6 is 0 Å². The number of amides is 1. The number of aryl methyl sites for hydroxylation is 1. The number of benzene rings is 1. The van der Waals surface area contributed by atoms with E-state index in [9.17, 15) is 9.59 Å². The zero-order valence-corrected chi connectivity index (χ0v) is 11.2. The molecule has 0 aliphatic rings. The van der Waals surface area contributed by atoms with Crippen molar-refractivity contribution in [3.05, 3.63) is 29.3 Å². The van der Waals surface area contributed by atoms with Gasteiger partial charge in [0.2, 0.25) is 5.91 Å². The standard InChI is InChI=1S/C14H19NO3/c1-9(2)11-7-5-6-10(3)14(11)15-12(16)8-13(17)18-4/h5-7,9H,8H2,1-4H3,(H,15,16). The van der Waals surface area contributed by atoms with Crippen molar-refractivity contribution in [1.29, 1.82) is 0 Å². The molecule has 18 heavy (non-hydrogen) atoms. The molecule has 1 aromatic rings. The Morgan fingerprint density at radius 3 is 2.56 bits per heavy atom. The van der Waals surface area contributed by atoms with Gasteiger partial charge >= 0.3 is 5.97 Å². The lowest BCUT2D eigenvalue weighted by Crippen LogP contribution is -2.19. The van der Waals surface area contributed by atoms with E-state index in [-0.39, 0.29) is 12.3 Å². The molecule has 0 spiro atoms. The summed E-state index contributed by atoms with van der Waals surface area (Å²) < 4.78 is 4.47. The van der Waals surface area contributed by atoms with E-state index < -0.39 is 5.97 Å². The van der Waals surface area contributed by atoms with Crippen molar-refractivity contribution >= 4 is 17.6 Å². The van der Waals surface area contributed by atoms with Crippen LogP contribution in [-0.4, -0.2) is 19.0 Å². The van der Waals surface area contributed by atoms with Crippen LogP contribution in [0.2, 0.25) is 0 Å². The van der Waals surface area contributed by atoms with Gasteiger partial charge < -0.3 is 10.1 Å². The van der Waals surface area contributed by atoms with Gasteiger partial charge in [-0.15, -0.1) is 0 Å². The second kappa shape index (κ2) is 6.19. The Morgan fingerprint density at radius 2 is 2.00 bits per heavy atom. The molecule has 1 rings (SSSR count). The molecule has 1 aromatic carbocycles. The molecule has 0 aliphatic heterocycles. The number of carbonyl (C=O) groups is 2. The van der Waals surface area contributed by atoms with E-state index >= 15 is 0 Å². The topological polar surface area (TPSA) is 55.4 Å². The van der Waals surface area contributed by atoms with Gasteiger partial charge in [-0.1, -0.05) is 32.0 Å². The first-order valence-electron chi connectivity index (χ1n) is 5.92. The third kappa shape index (κ3) is 3.58. The second-order valence-electron chi connectivity index (χ2n) is 4.49. The normalized spacial score (nSPS) is 10.3. The molecule has 0 fully saturated rings. The average Bonchev–Trinajstić information content (AvgIpc) is 2.31. The Hall–Kier alpha value is -1.84. The first kappa shape index (κ1) is 14.2. The van der Waals surface area contributed by atoms with Gasteiger partial charge in [-0.05, 0) is 24.0 Å². The van der Waals surface area contributed by atoms with Gasteiger partial charge in [-0.2, -0.15) is 0 Å². The van der Waals surface area contributed by atoms with Gasteiger partial charge in [-0.3, -0.25) is 9.59 Å². The third-order valence-electron chi connectivity index (χ3n) is 2.72. The van der Waals surface area contributed by atoms with Crippen LogP contribution in [0.5, 0.6) is 0 Å². The molecule has 0 saturated carbocycles. The van der Waals surface area contributed by atoms with E-state index in [0.29, 0.717) is 5.92 Å². The fourth-order valence-corrected chi connectivity index (χ4v) is 1.73. The SMILES string of the molecule is COC(=O)CC(=O)Nc1c(C)cccc1C(C)C. The molecule has 0 unspecified atom stereocenters. The summed E-state index contributed by atoms with van der Waals surface area (Å²) in [4.78, 5) is 22.7. The lowest BCUT2D eigenvalue weighted by Gasteiger charge is -2.16. The van der Waals surface area contributed by atoms with Crippen molar-refractivity contribution in [3.8, 4) is 0 Å². The largest absolute Gasteiger partial charge is 0.469 e. The highest BCUT2D eigenvalue weighted by Gasteiger charge is 2.14. The third-order valence-corrected chi connectivity index (χ3v) is 2.72. The molecule has 0 saturated heterocycles. The molecule has 0 atom stereocenters. The average molecular weight is 249 g/mol. The Morgan fingerprint density at radius 1 is 1.33 bits per heavy atom. The monoisotopic (exact) mass is 249 g/mol. The first-order chi connectivity index (χ1) is 8.45. The van der Waals surface area contributed by atoms with Crippen molar-refractivity contribution in [1.82, 2.24) is 0 Å². The lowest BCUT2D eigenvalue weighted by atomic mass is 9.98. The predicted molar refractivity (Wildman–Crippen MR) is 70.5 cm³/mol. The van der Waals surface area contributed by atoms with Gasteiger partial charge in [0, 0.05) is 5.69 Å². The number of rotatable bonds is 4. The van der Waals surface area contributed by atoms with E-state index in [1.807, 2.05) is 25.1 Å². The van der Waals surface area contributed by atoms with E-state index in [1.165, 1.54) is 7.11 Å². The summed E-state index contributed by atoms with van der Waals surface area (Å²) in [5, 5.41) is 2.79. The van der Waals surface area contributed by atoms with Crippen LogP contribution in [0.3, 0.4) is 0 Å². The second-order valence-corrected chi connectivity index (χ2v) is 4.49. The molecule has 0 bridgehead atoms. The lowest BCUT2D eigenvalue weighted by molar-refractivity contribution is -0.142. The number of carbonyl (C=O) groups excluding carboxylic acids is 2. The van der Waals surface area contributed by atoms with Crippen molar-refractivity contribution < 1.29 is 14.3 Å². The van der Waals surface area contributed by atoms with Gasteiger partial charge in [0.05, 0.1) is 7.11 Å². The summed E-state index contributed by atoms with van der Waals surface area (Å²) in [7, 11) is 1.27. The zero-order valence-electron chi connectivity index (χ0n) is 11.2. The number of methoxy groups -OCH3 is 1. The van der Waals surface area contributed by atoms with Crippen LogP contribution in [0, 0.1) is 6.92 Å². The fraction of sp³-hybridized carbons (Fsp3) is 0.429. The summed E-state index contributed by atoms with van der Waals surface area (Å²) in [6.07, 6.45) is -0.262. The number of ether oxygens (including phenoxy) is 1. The summed E-state index contributed by atoms with van der Waals surface area (Å²) in [5.41, 5.74) is 2.84. The highest BCUT2D eigenvalue weighted by atomic mass is 16.5. The Kier molecular flexibility index (Phi) is 4.89. The van der Waals surface area contributed by atoms with Gasteiger partial charge in [-0.25, -0.2) is 0 Å². The van der Waals surface area contributed by atoms with Crippen LogP contribution < -0.4 is 5.32 Å². The van der Waals surface area contributed by atoms with Crippen molar-refractivity contribution in [2.24, 2.45) is 0 Å². The first-order valence-corrected chi connectivity index (χ1v) is 5.92. The molecule has 4 nitrogen and oxygen atoms in total. The van der Waals surface area contributed by atoms with Gasteiger partial charge in [0.25, 0.3) is 0 Å². The highest BCUT2D eigenvalue weighted by molar-refractivity contribution is 6.02. The summed E-state index contributed by atoms with van der Waals surface area (Å²) in [6, 6.07) is 5.87. The molecule has 0 heterocycles. The predicted octanol–water partition coefficient (Wildman–Crippen LogP) is 2.62. The quantitative estimate of drug-likeness (QED) is 0.659. The number of hydrogen-bond donors (Lipinski definition) is 1. The maximum Gasteiger partial charge on any atom is 0.315 e. The van der Waals surface area contributed by atoms with Crippen molar-refractivity contribution in [2.75, 3.05) is 12.4 Å². The van der Waals surface area contributed by atoms with Crippen molar-refractivity contribution in [2.45, 2.75) is 33.1 Å². The molecule has 1 N–H and O–H groups in total. The van der Waals surface area contributed by atoms with Crippen LogP contribution in [0.15, 0.2) is 18.2 Å². The number of anilines is 1. The summed E-state index contributed by atoms with van der Waals surface area (Å²) in [5.74, 6) is -0.580. The molecule has 98 valence electrons. The Balaban J connectivity index is 2.90. The van der Waals surface area contributed by atoms with Crippen LogP contribution in [0.1, 0.15) is 37.3 Å². The molecular weight excluding hydrogens is 230 g/mol. The Labute approximate surface area is 107 Å². The minimum absolute atomic E-state index is 0.262. The zero-order chi connectivity index (χ0) is 13.7. The number of hydrogen-bond acceptors (Lipinski definition) is 3. The fourth-order valence-electron chi connectivity index (χ4n) is 1.73. The number of nitrogens with one attached hydrogen (secondary N) is 1. The minimum atomic E-state index is -0.535. The van der Waals surface area contributed by atoms with Crippen LogP contribution in [0.25, 0.3) is 0 Å². The number of esters is 1. The molecule has 0 aliphatic carbocycles. The molecule has 4 heteroatoms. The molecule has 0 aromatic heterocycles. The minimum Gasteiger partial charge on any atom is -0.469 e. The smallest absolute Gasteiger partial charge is 0.315 e. The van der Waals surface area contributed by atoms with E-state index in [4.69, 9.17) is 0 Å². The maximum absolute atomic E-state index is 11.7. The van der Waals surface area contributed by atoms with Crippen LogP contribution in [-0.2, 0) is 14.3 Å². The summed E-state index contributed by atoms with van der Waals surface area (Å²) in [6.45, 7) is 6.05. The van der Waals surface area contributed by atoms with Gasteiger partial charge in [0.1, 0.15) is 6.42 Å². The summed E-state index contributed by atoms with van der Waals surface area (Å²) >= 11 is 0. The maximum atomic E-state index is 11.7. The molecular formula is C14H19NO3. The van der Waals surface area contributed by atoms with E-state index in [0.717, 1.165) is 16.8 Å². The highest BCUT2D eigenvalue weighted by Crippen LogP contribution is 2.27. The van der Waals surface area contributed by atoms with E-state index in [2.05, 4.69) is 23.9 Å². The van der Waals surface area contributed by atoms with Crippen LogP contribution in [0.4, 0.5) is 5.69 Å². The van der Waals surface area contributed by atoms with Crippen molar-refractivity contribution in [3.63, 3.8) is 0 Å². The number of para-hydroxylation sites is 1. The Bertz CT molecular complexity index is 452.